The number of nitrogens with two attached hydrogens (primary N) is 1. The monoisotopic (exact) mass is 291 g/mol. The molecule has 0 bridgehead atoms. The van der Waals surface area contributed by atoms with E-state index in [2.05, 4.69) is 25.0 Å². The predicted molar refractivity (Wildman–Crippen MR) is 92.5 cm³/mol. The summed E-state index contributed by atoms with van der Waals surface area (Å²) in [4.78, 5) is 4.76. The van der Waals surface area contributed by atoms with Gasteiger partial charge in [0.2, 0.25) is 0 Å². The Morgan fingerprint density at radius 1 is 1.00 bits per heavy atom. The molecule has 0 atom stereocenters. The highest BCUT2D eigenvalue weighted by atomic mass is 15.1. The number of allylic oxidation sites excluding steroid dienone is 1. The highest BCUT2D eigenvalue weighted by molar-refractivity contribution is 5.38. The molecule has 0 radical (unpaired) electrons. The molecule has 0 unspecified atom stereocenters. The van der Waals surface area contributed by atoms with Crippen molar-refractivity contribution in [1.29, 1.82) is 0 Å². The van der Waals surface area contributed by atoms with Gasteiger partial charge >= 0.3 is 0 Å². The Bertz CT molecular complexity index is 407. The number of hydrogen-bond acceptors (Lipinski definition) is 2. The van der Waals surface area contributed by atoms with Crippen LogP contribution in [0.2, 0.25) is 0 Å². The summed E-state index contributed by atoms with van der Waals surface area (Å²) in [7, 11) is 0. The van der Waals surface area contributed by atoms with E-state index in [4.69, 9.17) is 10.7 Å². The first-order chi connectivity index (χ1) is 10.2. The van der Waals surface area contributed by atoms with Crippen LogP contribution in [0.5, 0.6) is 0 Å². The zero-order valence-electron chi connectivity index (χ0n) is 14.0. The van der Waals surface area contributed by atoms with E-state index in [1.54, 1.807) is 0 Å². The number of anilines is 1. The Morgan fingerprint density at radius 3 is 2.29 bits per heavy atom. The Morgan fingerprint density at radius 2 is 1.67 bits per heavy atom. The lowest BCUT2D eigenvalue weighted by Crippen LogP contribution is -2.06. The third kappa shape index (κ3) is 5.94. The lowest BCUT2D eigenvalue weighted by Gasteiger charge is -2.06. The summed E-state index contributed by atoms with van der Waals surface area (Å²) in [5.74, 6) is 1.97. The predicted octanol–water partition coefficient (Wildman–Crippen LogP) is 4.90. The lowest BCUT2D eigenvalue weighted by atomic mass is 10.1. The van der Waals surface area contributed by atoms with Gasteiger partial charge in [-0.15, -0.1) is 6.58 Å². The zero-order valence-corrected chi connectivity index (χ0v) is 14.0. The second-order valence-electron chi connectivity index (χ2n) is 5.88. The van der Waals surface area contributed by atoms with Crippen LogP contribution >= 0.6 is 0 Å². The van der Waals surface area contributed by atoms with Crippen molar-refractivity contribution in [2.24, 2.45) is 0 Å². The Kier molecular flexibility index (Phi) is 8.88. The van der Waals surface area contributed by atoms with Crippen molar-refractivity contribution in [3.8, 4) is 0 Å². The number of nitrogen functional groups attached to an aromatic ring is 1. The summed E-state index contributed by atoms with van der Waals surface area (Å²) in [6, 6.07) is 0. The molecule has 1 aromatic rings. The second-order valence-corrected chi connectivity index (χ2v) is 5.88. The van der Waals surface area contributed by atoms with Gasteiger partial charge in [-0.05, 0) is 19.3 Å². The van der Waals surface area contributed by atoms with Gasteiger partial charge in [0.25, 0.3) is 0 Å². The van der Waals surface area contributed by atoms with Crippen molar-refractivity contribution in [1.82, 2.24) is 9.55 Å². The molecule has 1 aromatic heterocycles. The van der Waals surface area contributed by atoms with Gasteiger partial charge in [-0.2, -0.15) is 0 Å². The quantitative estimate of drug-likeness (QED) is 0.440. The van der Waals surface area contributed by atoms with Crippen molar-refractivity contribution in [3.63, 3.8) is 0 Å². The normalized spacial score (nSPS) is 11.0. The van der Waals surface area contributed by atoms with E-state index < -0.39 is 0 Å². The SMILES string of the molecule is C=CCn1c(CCC)nc(CCCCCCCCC)c1N. The van der Waals surface area contributed by atoms with Crippen LogP contribution in [0.1, 0.15) is 76.7 Å². The third-order valence-corrected chi connectivity index (χ3v) is 3.96. The van der Waals surface area contributed by atoms with Crippen molar-refractivity contribution in [2.45, 2.75) is 84.6 Å². The first-order valence-corrected chi connectivity index (χ1v) is 8.69. The topological polar surface area (TPSA) is 43.8 Å². The molecule has 0 saturated heterocycles. The van der Waals surface area contributed by atoms with Gasteiger partial charge in [0.1, 0.15) is 11.6 Å². The van der Waals surface area contributed by atoms with E-state index in [9.17, 15) is 0 Å². The number of rotatable bonds is 12. The molecule has 120 valence electrons. The number of unbranched alkanes of at least 4 members (excludes halogenated alkanes) is 6. The van der Waals surface area contributed by atoms with Crippen molar-refractivity contribution in [2.75, 3.05) is 5.73 Å². The summed E-state index contributed by atoms with van der Waals surface area (Å²) < 4.78 is 2.12. The molecule has 0 aliphatic heterocycles. The molecule has 0 amide bonds. The van der Waals surface area contributed by atoms with Crippen LogP contribution in [-0.2, 0) is 19.4 Å². The average molecular weight is 291 g/mol. The highest BCUT2D eigenvalue weighted by Crippen LogP contribution is 2.19. The average Bonchev–Trinajstić information content (AvgIpc) is 2.76. The molecule has 0 saturated carbocycles. The lowest BCUT2D eigenvalue weighted by molar-refractivity contribution is 0.587. The van der Waals surface area contributed by atoms with Crippen LogP contribution in [0.15, 0.2) is 12.7 Å². The Balaban J connectivity index is 2.43. The summed E-state index contributed by atoms with van der Waals surface area (Å²) >= 11 is 0. The van der Waals surface area contributed by atoms with Gasteiger partial charge in [0, 0.05) is 13.0 Å². The maximum absolute atomic E-state index is 6.25. The molecule has 1 heterocycles. The van der Waals surface area contributed by atoms with Crippen molar-refractivity contribution in [3.05, 3.63) is 24.2 Å². The Labute approximate surface area is 130 Å². The van der Waals surface area contributed by atoms with Gasteiger partial charge < -0.3 is 10.3 Å². The molecule has 1 rings (SSSR count). The molecule has 0 aliphatic rings. The van der Waals surface area contributed by atoms with Crippen LogP contribution in [0.3, 0.4) is 0 Å². The number of imidazole rings is 1. The first-order valence-electron chi connectivity index (χ1n) is 8.69. The minimum Gasteiger partial charge on any atom is -0.384 e. The minimum atomic E-state index is 0.769. The van der Waals surface area contributed by atoms with E-state index in [0.717, 1.165) is 43.1 Å². The molecule has 0 spiro atoms. The molecule has 3 nitrogen and oxygen atoms in total. The first kappa shape index (κ1) is 17.8. The second kappa shape index (κ2) is 10.5. The molecular formula is C18H33N3. The van der Waals surface area contributed by atoms with E-state index in [0.29, 0.717) is 0 Å². The molecule has 0 fully saturated rings. The van der Waals surface area contributed by atoms with Gasteiger partial charge in [0.05, 0.1) is 5.69 Å². The third-order valence-electron chi connectivity index (χ3n) is 3.96. The van der Waals surface area contributed by atoms with Crippen LogP contribution in [0.25, 0.3) is 0 Å². The molecule has 21 heavy (non-hydrogen) atoms. The fraction of sp³-hybridized carbons (Fsp3) is 0.722. The van der Waals surface area contributed by atoms with Gasteiger partial charge in [-0.1, -0.05) is 58.4 Å². The summed E-state index contributed by atoms with van der Waals surface area (Å²) in [5.41, 5.74) is 7.35. The van der Waals surface area contributed by atoms with Crippen molar-refractivity contribution >= 4 is 5.82 Å². The van der Waals surface area contributed by atoms with E-state index >= 15 is 0 Å². The molecule has 3 heteroatoms. The maximum atomic E-state index is 6.25. The Hall–Kier alpha value is -1.25. The van der Waals surface area contributed by atoms with Crippen molar-refractivity contribution < 1.29 is 0 Å². The fourth-order valence-corrected chi connectivity index (χ4v) is 2.75. The van der Waals surface area contributed by atoms with E-state index in [1.807, 2.05) is 6.08 Å². The largest absolute Gasteiger partial charge is 0.384 e. The zero-order chi connectivity index (χ0) is 15.5. The molecular weight excluding hydrogens is 258 g/mol. The summed E-state index contributed by atoms with van der Waals surface area (Å²) in [6.45, 7) is 9.02. The molecule has 2 N–H and O–H groups in total. The number of aryl methyl sites for hydroxylation is 2. The van der Waals surface area contributed by atoms with Crippen LogP contribution < -0.4 is 5.73 Å². The van der Waals surface area contributed by atoms with E-state index in [1.165, 1.54) is 44.9 Å². The van der Waals surface area contributed by atoms with Gasteiger partial charge in [0.15, 0.2) is 0 Å². The summed E-state index contributed by atoms with van der Waals surface area (Å²) in [5, 5.41) is 0. The minimum absolute atomic E-state index is 0.769. The highest BCUT2D eigenvalue weighted by Gasteiger charge is 2.12. The standard InChI is InChI=1S/C18H33N3/c1-4-7-8-9-10-11-12-14-16-18(19)21(15-6-3)17(20-16)13-5-2/h6H,3-5,7-15,19H2,1-2H3. The van der Waals surface area contributed by atoms with E-state index in [-0.39, 0.29) is 0 Å². The number of nitrogens with zero attached hydrogens (tertiary/aromatic N) is 2. The molecule has 0 aromatic carbocycles. The fourth-order valence-electron chi connectivity index (χ4n) is 2.75. The van der Waals surface area contributed by atoms with Crippen LogP contribution in [-0.4, -0.2) is 9.55 Å². The summed E-state index contributed by atoms with van der Waals surface area (Å²) in [6.07, 6.45) is 14.3. The van der Waals surface area contributed by atoms with Gasteiger partial charge in [-0.25, -0.2) is 4.98 Å². The maximum Gasteiger partial charge on any atom is 0.127 e. The smallest absolute Gasteiger partial charge is 0.127 e. The number of hydrogen-bond donors (Lipinski definition) is 1. The van der Waals surface area contributed by atoms with Crippen LogP contribution in [0.4, 0.5) is 5.82 Å². The molecule has 0 aliphatic carbocycles. The van der Waals surface area contributed by atoms with Gasteiger partial charge in [-0.3, -0.25) is 0 Å². The number of aromatic nitrogens is 2. The van der Waals surface area contributed by atoms with Crippen LogP contribution in [0, 0.1) is 0 Å².